The molecule has 1 fully saturated rings. The molecule has 31 heavy (non-hydrogen) atoms. The molecular weight excluding hydrogens is 411 g/mol. The minimum Gasteiger partial charge on any atom is -0.550 e. The van der Waals surface area contributed by atoms with Crippen LogP contribution in [0.25, 0.3) is 0 Å². The molecule has 1 saturated carbocycles. The fourth-order valence-electron chi connectivity index (χ4n) is 3.29. The zero-order chi connectivity index (χ0) is 21.3. The average molecular weight is 438 g/mol. The molecule has 0 aliphatic heterocycles. The van der Waals surface area contributed by atoms with Gasteiger partial charge in [-0.3, -0.25) is 4.79 Å². The van der Waals surface area contributed by atoms with Crippen LogP contribution in [0.2, 0.25) is 0 Å². The van der Waals surface area contributed by atoms with Crippen molar-refractivity contribution in [1.29, 1.82) is 0 Å². The number of nitrogens with zero attached hydrogens (tertiary/aromatic N) is 4. The van der Waals surface area contributed by atoms with Gasteiger partial charge in [-0.15, -0.1) is 5.10 Å². The largest absolute Gasteiger partial charge is 1.00 e. The van der Waals surface area contributed by atoms with Gasteiger partial charge in [0.1, 0.15) is 0 Å². The Morgan fingerprint density at radius 3 is 2.68 bits per heavy atom. The molecule has 10 nitrogen and oxygen atoms in total. The first kappa shape index (κ1) is 25.4. The van der Waals surface area contributed by atoms with E-state index in [4.69, 9.17) is 0 Å². The topological polar surface area (TPSA) is 145 Å². The number of hydrogen-bond donors (Lipinski definition) is 3. The van der Waals surface area contributed by atoms with E-state index in [1.165, 1.54) is 0 Å². The first-order valence-electron chi connectivity index (χ1n) is 10.2. The second-order valence-electron chi connectivity index (χ2n) is 7.58. The number of aliphatic hydroxyl groups excluding tert-OH is 1. The number of rotatable bonds is 13. The number of aromatic nitrogens is 4. The van der Waals surface area contributed by atoms with Gasteiger partial charge in [-0.25, -0.2) is 4.68 Å². The second kappa shape index (κ2) is 12.9. The number of carboxylic acids is 1. The molecule has 2 atom stereocenters. The van der Waals surface area contributed by atoms with Crippen molar-refractivity contribution in [2.75, 3.05) is 6.54 Å². The SMILES string of the molecule is O=C([O-])CC(O)CNC(c1nnnn1CCCC(=O)NCc1ccccc1)C1CC1.[Na+]. The third kappa shape index (κ3) is 8.66. The smallest absolute Gasteiger partial charge is 0.550 e. The van der Waals surface area contributed by atoms with Crippen molar-refractivity contribution in [1.82, 2.24) is 30.8 Å². The molecule has 0 spiro atoms. The molecule has 2 aromatic rings. The summed E-state index contributed by atoms with van der Waals surface area (Å²) in [6, 6.07) is 9.56. The first-order chi connectivity index (χ1) is 14.5. The molecule has 1 aromatic heterocycles. The monoisotopic (exact) mass is 438 g/mol. The quantitative estimate of drug-likeness (QED) is 0.271. The number of benzene rings is 1. The molecule has 11 heteroatoms. The number of tetrazole rings is 1. The van der Waals surface area contributed by atoms with E-state index in [1.807, 2.05) is 30.3 Å². The minimum atomic E-state index is -1.29. The first-order valence-corrected chi connectivity index (χ1v) is 10.2. The van der Waals surface area contributed by atoms with E-state index in [2.05, 4.69) is 26.2 Å². The summed E-state index contributed by atoms with van der Waals surface area (Å²) in [5.41, 5.74) is 1.05. The summed E-state index contributed by atoms with van der Waals surface area (Å²) in [4.78, 5) is 22.7. The van der Waals surface area contributed by atoms with Crippen LogP contribution < -0.4 is 45.3 Å². The third-order valence-electron chi connectivity index (χ3n) is 5.01. The van der Waals surface area contributed by atoms with Crippen molar-refractivity contribution in [2.45, 2.75) is 57.3 Å². The number of hydrogen-bond acceptors (Lipinski definition) is 8. The Morgan fingerprint density at radius 2 is 2.00 bits per heavy atom. The predicted molar refractivity (Wildman–Crippen MR) is 104 cm³/mol. The zero-order valence-electron chi connectivity index (χ0n) is 17.7. The standard InChI is InChI=1S/C20H28N6O4.Na/c27-16(11-18(29)30)13-22-19(15-8-9-15)20-23-24-25-26(20)10-4-7-17(28)21-12-14-5-2-1-3-6-14;/h1-3,5-6,15-16,19,22,27H,4,7-13H2,(H,21,28)(H,29,30);/q;+1/p-1. The molecule has 1 heterocycles. The van der Waals surface area contributed by atoms with E-state index in [0.717, 1.165) is 18.4 Å². The average Bonchev–Trinajstić information content (AvgIpc) is 3.46. The van der Waals surface area contributed by atoms with Gasteiger partial charge in [0.15, 0.2) is 5.82 Å². The Morgan fingerprint density at radius 1 is 1.26 bits per heavy atom. The van der Waals surface area contributed by atoms with Crippen molar-refractivity contribution >= 4 is 11.9 Å². The second-order valence-corrected chi connectivity index (χ2v) is 7.58. The van der Waals surface area contributed by atoms with Gasteiger partial charge in [0.05, 0.1) is 12.1 Å². The van der Waals surface area contributed by atoms with Gasteiger partial charge in [-0.1, -0.05) is 30.3 Å². The number of amides is 1. The zero-order valence-corrected chi connectivity index (χ0v) is 19.7. The fraction of sp³-hybridized carbons (Fsp3) is 0.550. The summed E-state index contributed by atoms with van der Waals surface area (Å²) in [6.07, 6.45) is 1.52. The number of aliphatic carboxylic acids is 1. The maximum atomic E-state index is 12.1. The van der Waals surface area contributed by atoms with Gasteiger partial charge >= 0.3 is 29.6 Å². The molecule has 0 radical (unpaired) electrons. The van der Waals surface area contributed by atoms with Crippen LogP contribution in [0.5, 0.6) is 0 Å². The number of aliphatic hydroxyl groups is 1. The van der Waals surface area contributed by atoms with Crippen LogP contribution in [0.4, 0.5) is 0 Å². The van der Waals surface area contributed by atoms with Crippen molar-refractivity contribution < 1.29 is 49.4 Å². The van der Waals surface area contributed by atoms with E-state index in [1.54, 1.807) is 4.68 Å². The minimum absolute atomic E-state index is 0. The molecule has 1 aliphatic rings. The van der Waals surface area contributed by atoms with Crippen molar-refractivity contribution in [3.05, 3.63) is 41.7 Å². The van der Waals surface area contributed by atoms with Gasteiger partial charge in [0, 0.05) is 38.4 Å². The van der Waals surface area contributed by atoms with Crippen LogP contribution >= 0.6 is 0 Å². The molecule has 1 amide bonds. The molecule has 0 saturated heterocycles. The van der Waals surface area contributed by atoms with E-state index >= 15 is 0 Å². The van der Waals surface area contributed by atoms with E-state index in [-0.39, 0.29) is 48.1 Å². The van der Waals surface area contributed by atoms with Gasteiger partial charge in [-0.2, -0.15) is 0 Å². The van der Waals surface area contributed by atoms with Crippen LogP contribution in [0.3, 0.4) is 0 Å². The number of carboxylic acid groups (broad SMARTS) is 1. The van der Waals surface area contributed by atoms with Gasteiger partial charge in [0.2, 0.25) is 5.91 Å². The summed E-state index contributed by atoms with van der Waals surface area (Å²) >= 11 is 0. The molecule has 1 aliphatic carbocycles. The maximum Gasteiger partial charge on any atom is 1.00 e. The Hall–Kier alpha value is -1.85. The van der Waals surface area contributed by atoms with E-state index in [9.17, 15) is 19.8 Å². The van der Waals surface area contributed by atoms with E-state index in [0.29, 0.717) is 37.7 Å². The molecule has 3 N–H and O–H groups in total. The maximum absolute atomic E-state index is 12.1. The molecule has 0 bridgehead atoms. The van der Waals surface area contributed by atoms with Gasteiger partial charge in [-0.05, 0) is 41.2 Å². The summed E-state index contributed by atoms with van der Waals surface area (Å²) in [6.45, 7) is 1.11. The van der Waals surface area contributed by atoms with Crippen LogP contribution in [0.15, 0.2) is 30.3 Å². The Kier molecular flexibility index (Phi) is 10.6. The summed E-state index contributed by atoms with van der Waals surface area (Å²) in [7, 11) is 0. The fourth-order valence-corrected chi connectivity index (χ4v) is 3.29. The third-order valence-corrected chi connectivity index (χ3v) is 5.01. The molecule has 3 rings (SSSR count). The number of nitrogens with one attached hydrogen (secondary N) is 2. The normalized spacial score (nSPS) is 15.0. The van der Waals surface area contributed by atoms with Gasteiger partial charge in [0.25, 0.3) is 0 Å². The summed E-state index contributed by atoms with van der Waals surface area (Å²) < 4.78 is 1.67. The molecule has 2 unspecified atom stereocenters. The van der Waals surface area contributed by atoms with Gasteiger partial charge < -0.3 is 25.6 Å². The van der Waals surface area contributed by atoms with Crippen LogP contribution in [0, 0.1) is 5.92 Å². The molecular formula is C20H27N6NaO4. The van der Waals surface area contributed by atoms with Crippen LogP contribution in [0.1, 0.15) is 49.5 Å². The number of carbonyl (C=O) groups excluding carboxylic acids is 2. The van der Waals surface area contributed by atoms with Crippen LogP contribution in [-0.4, -0.2) is 49.8 Å². The van der Waals surface area contributed by atoms with Crippen molar-refractivity contribution in [2.24, 2.45) is 5.92 Å². The van der Waals surface area contributed by atoms with Crippen molar-refractivity contribution in [3.8, 4) is 0 Å². The van der Waals surface area contributed by atoms with Crippen molar-refractivity contribution in [3.63, 3.8) is 0 Å². The molecule has 162 valence electrons. The predicted octanol–water partition coefficient (Wildman–Crippen LogP) is -3.68. The Balaban J connectivity index is 0.00000341. The number of carbonyl (C=O) groups is 2. The Bertz CT molecular complexity index is 830. The van der Waals surface area contributed by atoms with Crippen LogP contribution in [-0.2, 0) is 22.7 Å². The van der Waals surface area contributed by atoms with E-state index < -0.39 is 18.5 Å². The summed E-state index contributed by atoms with van der Waals surface area (Å²) in [5.74, 6) is -0.333. The Labute approximate surface area is 203 Å². The number of aryl methyl sites for hydroxylation is 1. The summed E-state index contributed by atoms with van der Waals surface area (Å²) in [5, 5.41) is 38.4. The molecule has 1 aromatic carbocycles.